The van der Waals surface area contributed by atoms with Crippen LogP contribution in [-0.4, -0.2) is 41.2 Å². The summed E-state index contributed by atoms with van der Waals surface area (Å²) in [5.41, 5.74) is 2.16. The molecule has 0 aliphatic rings. The molecule has 0 aliphatic carbocycles. The van der Waals surface area contributed by atoms with Gasteiger partial charge in [-0.3, -0.25) is 19.7 Å². The van der Waals surface area contributed by atoms with Crippen molar-refractivity contribution in [2.75, 3.05) is 0 Å². The summed E-state index contributed by atoms with van der Waals surface area (Å²) in [7, 11) is 0. The number of carbonyl (C=O) groups excluding carboxylic acids is 1. The summed E-state index contributed by atoms with van der Waals surface area (Å²) in [4.78, 5) is 36.3. The van der Waals surface area contributed by atoms with Crippen molar-refractivity contribution in [1.82, 2.24) is 35.7 Å². The summed E-state index contributed by atoms with van der Waals surface area (Å²) in [6, 6.07) is 17.0. The molecular weight excluding hydrogens is 567 g/mol. The van der Waals surface area contributed by atoms with Crippen molar-refractivity contribution < 1.29 is 14.1 Å². The molecule has 1 unspecified atom stereocenters. The highest BCUT2D eigenvalue weighted by atomic mass is 35.5. The van der Waals surface area contributed by atoms with E-state index in [9.17, 15) is 24.1 Å². The van der Waals surface area contributed by atoms with Crippen molar-refractivity contribution in [3.05, 3.63) is 133 Å². The monoisotopic (exact) mass is 586 g/mol. The highest BCUT2D eigenvalue weighted by Gasteiger charge is 2.19. The van der Waals surface area contributed by atoms with Crippen molar-refractivity contribution in [2.24, 2.45) is 0 Å². The van der Waals surface area contributed by atoms with Gasteiger partial charge in [0.1, 0.15) is 12.1 Å². The molecule has 210 valence electrons. The zero-order chi connectivity index (χ0) is 29.6. The number of rotatable bonds is 9. The predicted molar refractivity (Wildman–Crippen MR) is 151 cm³/mol. The topological polar surface area (TPSA) is 162 Å². The van der Waals surface area contributed by atoms with Gasteiger partial charge in [-0.25, -0.2) is 9.49 Å². The zero-order valence-electron chi connectivity index (χ0n) is 21.5. The molecule has 2 aromatic heterocycles. The molecule has 0 bridgehead atoms. The van der Waals surface area contributed by atoms with Crippen molar-refractivity contribution in [3.8, 4) is 16.8 Å². The van der Waals surface area contributed by atoms with Gasteiger partial charge in [0.25, 0.3) is 11.2 Å². The molecule has 5 rings (SSSR count). The first-order valence-electron chi connectivity index (χ1n) is 12.4. The molecule has 0 fully saturated rings. The highest BCUT2D eigenvalue weighted by molar-refractivity contribution is 6.30. The Morgan fingerprint density at radius 2 is 1.88 bits per heavy atom. The largest absolute Gasteiger partial charge is 0.344 e. The van der Waals surface area contributed by atoms with E-state index in [1.807, 2.05) is 0 Å². The van der Waals surface area contributed by atoms with Crippen LogP contribution in [0.2, 0.25) is 5.02 Å². The molecule has 0 spiro atoms. The Morgan fingerprint density at radius 1 is 1.12 bits per heavy atom. The Hall–Kier alpha value is -5.56. The molecule has 2 N–H and O–H groups in total. The molecule has 14 heteroatoms. The fourth-order valence-corrected chi connectivity index (χ4v) is 4.37. The van der Waals surface area contributed by atoms with Gasteiger partial charge in [-0.1, -0.05) is 23.7 Å². The van der Waals surface area contributed by atoms with Gasteiger partial charge in [0.15, 0.2) is 0 Å². The number of nitro groups is 1. The number of halogens is 2. The molecule has 3 aromatic carbocycles. The molecule has 2 heterocycles. The summed E-state index contributed by atoms with van der Waals surface area (Å²) >= 11 is 6.17. The van der Waals surface area contributed by atoms with Crippen molar-refractivity contribution in [2.45, 2.75) is 12.5 Å². The summed E-state index contributed by atoms with van der Waals surface area (Å²) < 4.78 is 15.0. The number of nitrogens with one attached hydrogen (secondary N) is 2. The highest BCUT2D eigenvalue weighted by Crippen LogP contribution is 2.24. The molecule has 0 saturated carbocycles. The third kappa shape index (κ3) is 6.59. The van der Waals surface area contributed by atoms with Gasteiger partial charge >= 0.3 is 0 Å². The first kappa shape index (κ1) is 28.0. The van der Waals surface area contributed by atoms with E-state index in [1.165, 1.54) is 59.5 Å². The number of tetrazole rings is 1. The number of H-pyrrole nitrogens is 1. The Balaban J connectivity index is 1.45. The van der Waals surface area contributed by atoms with Crippen LogP contribution in [-0.2, 0) is 11.2 Å². The summed E-state index contributed by atoms with van der Waals surface area (Å²) in [5.74, 6) is -0.903. The van der Waals surface area contributed by atoms with E-state index in [2.05, 4.69) is 31.0 Å². The Kier molecular flexibility index (Phi) is 8.20. The number of nitro benzene ring substituents is 1. The lowest BCUT2D eigenvalue weighted by molar-refractivity contribution is -0.384. The van der Waals surface area contributed by atoms with Gasteiger partial charge in [0.2, 0.25) is 5.91 Å². The summed E-state index contributed by atoms with van der Waals surface area (Å²) in [6.45, 7) is 0. The second-order valence-electron chi connectivity index (χ2n) is 9.02. The Labute approximate surface area is 241 Å². The predicted octanol–water partition coefficient (Wildman–Crippen LogP) is 4.23. The average Bonchev–Trinajstić information content (AvgIpc) is 3.52. The normalized spacial score (nSPS) is 11.9. The van der Waals surface area contributed by atoms with Crippen LogP contribution in [0.15, 0.2) is 90.0 Å². The van der Waals surface area contributed by atoms with Gasteiger partial charge in [-0.15, -0.1) is 5.10 Å². The van der Waals surface area contributed by atoms with Crippen LogP contribution in [0.5, 0.6) is 0 Å². The number of hydrogen-bond acceptors (Lipinski definition) is 8. The number of nitrogens with zero attached hydrogens (tertiary/aromatic N) is 6. The smallest absolute Gasteiger partial charge is 0.272 e. The lowest BCUT2D eigenvalue weighted by Gasteiger charge is -2.18. The Morgan fingerprint density at radius 3 is 2.57 bits per heavy atom. The van der Waals surface area contributed by atoms with Crippen LogP contribution in [0, 0.1) is 15.9 Å². The van der Waals surface area contributed by atoms with Crippen molar-refractivity contribution in [1.29, 1.82) is 0 Å². The van der Waals surface area contributed by atoms with E-state index < -0.39 is 28.2 Å². The van der Waals surface area contributed by atoms with Crippen LogP contribution >= 0.6 is 11.6 Å². The molecule has 1 amide bonds. The SMILES string of the molecule is O=C(/C=C/c1cc(Cl)ccc1-n1cnnn1)NC(Cc1ccc(F)cc1)c1cc(-c2ccc([N+](=O)[O-])cc2)c(=O)[nH]n1. The maximum Gasteiger partial charge on any atom is 0.272 e. The maximum atomic E-state index is 13.5. The molecule has 0 aliphatic heterocycles. The number of amides is 1. The molecule has 0 saturated heterocycles. The Bertz CT molecular complexity index is 1820. The summed E-state index contributed by atoms with van der Waals surface area (Å²) in [6.07, 6.45) is 4.48. The van der Waals surface area contributed by atoms with E-state index in [4.69, 9.17) is 11.6 Å². The third-order valence-electron chi connectivity index (χ3n) is 6.24. The standard InChI is InChI=1S/C28H20ClFN8O4/c29-20-6-11-26(37-16-31-35-36-37)19(14-20)5-12-27(39)32-24(13-17-1-7-21(30)8-2-17)25-15-23(28(40)34-33-25)18-3-9-22(10-4-18)38(41)42/h1-12,14-16,24H,13H2,(H,32,39)(H,34,40)/b12-5+. The lowest BCUT2D eigenvalue weighted by atomic mass is 10.00. The number of aromatic amines is 1. The average molecular weight is 587 g/mol. The minimum atomic E-state index is -0.750. The first-order valence-corrected chi connectivity index (χ1v) is 12.7. The van der Waals surface area contributed by atoms with Crippen LogP contribution in [0.3, 0.4) is 0 Å². The van der Waals surface area contributed by atoms with Crippen LogP contribution in [0.25, 0.3) is 22.9 Å². The number of carbonyl (C=O) groups is 1. The van der Waals surface area contributed by atoms with Crippen LogP contribution in [0.1, 0.15) is 22.9 Å². The van der Waals surface area contributed by atoms with Crippen molar-refractivity contribution >= 4 is 29.3 Å². The quantitative estimate of drug-likeness (QED) is 0.147. The van der Waals surface area contributed by atoms with E-state index in [1.54, 1.807) is 36.4 Å². The molecule has 42 heavy (non-hydrogen) atoms. The number of aromatic nitrogens is 6. The zero-order valence-corrected chi connectivity index (χ0v) is 22.3. The van der Waals surface area contributed by atoms with Crippen molar-refractivity contribution in [3.63, 3.8) is 0 Å². The number of non-ortho nitro benzene ring substituents is 1. The molecule has 12 nitrogen and oxygen atoms in total. The van der Waals surface area contributed by atoms with Crippen LogP contribution in [0.4, 0.5) is 10.1 Å². The fourth-order valence-electron chi connectivity index (χ4n) is 4.19. The maximum absolute atomic E-state index is 13.5. The second-order valence-corrected chi connectivity index (χ2v) is 9.46. The van der Waals surface area contributed by atoms with E-state index in [0.29, 0.717) is 33.1 Å². The van der Waals surface area contributed by atoms with Gasteiger partial charge in [0.05, 0.1) is 27.9 Å². The molecular formula is C28H20ClFN8O4. The van der Waals surface area contributed by atoms with E-state index >= 15 is 0 Å². The number of benzene rings is 3. The lowest BCUT2D eigenvalue weighted by Crippen LogP contribution is -2.30. The fraction of sp³-hybridized carbons (Fsp3) is 0.0714. The van der Waals surface area contributed by atoms with E-state index in [-0.39, 0.29) is 17.7 Å². The van der Waals surface area contributed by atoms with E-state index in [0.717, 1.165) is 0 Å². The minimum absolute atomic E-state index is 0.124. The van der Waals surface area contributed by atoms with Gasteiger partial charge in [-0.05, 0) is 82.6 Å². The van der Waals surface area contributed by atoms with Gasteiger partial charge in [0, 0.05) is 28.8 Å². The second kappa shape index (κ2) is 12.3. The van der Waals surface area contributed by atoms with Gasteiger partial charge in [-0.2, -0.15) is 9.78 Å². The molecule has 0 radical (unpaired) electrons. The third-order valence-corrected chi connectivity index (χ3v) is 6.47. The minimum Gasteiger partial charge on any atom is -0.344 e. The summed E-state index contributed by atoms with van der Waals surface area (Å²) in [5, 5.41) is 32.1. The molecule has 1 atom stereocenters. The first-order chi connectivity index (χ1) is 20.3. The van der Waals surface area contributed by atoms with Gasteiger partial charge < -0.3 is 5.32 Å². The molecule has 5 aromatic rings. The number of hydrogen-bond donors (Lipinski definition) is 2. The van der Waals surface area contributed by atoms with Crippen LogP contribution < -0.4 is 10.9 Å².